The molecule has 0 aliphatic rings. The van der Waals surface area contributed by atoms with Gasteiger partial charge in [-0.3, -0.25) is 4.79 Å². The number of aryl methyl sites for hydroxylation is 3. The van der Waals surface area contributed by atoms with Crippen LogP contribution < -0.4 is 5.32 Å². The Hall–Kier alpha value is -1.55. The normalized spacial score (nSPS) is 11.0. The maximum atomic E-state index is 11.8. The number of alkyl halides is 1. The van der Waals surface area contributed by atoms with Crippen LogP contribution in [-0.4, -0.2) is 27.9 Å². The third kappa shape index (κ3) is 3.97. The SMILES string of the molecule is CCCNC(=O)CCn1c(CCCl)nc2cc(C)ccc21. The topological polar surface area (TPSA) is 46.9 Å². The van der Waals surface area contributed by atoms with E-state index in [2.05, 4.69) is 40.0 Å². The van der Waals surface area contributed by atoms with Crippen LogP contribution in [0.3, 0.4) is 0 Å². The monoisotopic (exact) mass is 307 g/mol. The van der Waals surface area contributed by atoms with Gasteiger partial charge in [0.05, 0.1) is 11.0 Å². The van der Waals surface area contributed by atoms with E-state index < -0.39 is 0 Å². The summed E-state index contributed by atoms with van der Waals surface area (Å²) in [6, 6.07) is 6.21. The molecular weight excluding hydrogens is 286 g/mol. The number of hydrogen-bond donors (Lipinski definition) is 1. The van der Waals surface area contributed by atoms with Crippen molar-refractivity contribution in [2.75, 3.05) is 12.4 Å². The first-order valence-electron chi connectivity index (χ1n) is 7.44. The molecule has 2 rings (SSSR count). The number of amides is 1. The quantitative estimate of drug-likeness (QED) is 0.799. The Morgan fingerprint density at radius 2 is 2.24 bits per heavy atom. The lowest BCUT2D eigenvalue weighted by atomic mass is 10.2. The average molecular weight is 308 g/mol. The van der Waals surface area contributed by atoms with E-state index in [4.69, 9.17) is 11.6 Å². The number of nitrogens with zero attached hydrogens (tertiary/aromatic N) is 2. The fraction of sp³-hybridized carbons (Fsp3) is 0.500. The van der Waals surface area contributed by atoms with Gasteiger partial charge in [0.1, 0.15) is 5.82 Å². The van der Waals surface area contributed by atoms with Gasteiger partial charge in [-0.15, -0.1) is 11.6 Å². The summed E-state index contributed by atoms with van der Waals surface area (Å²) in [4.78, 5) is 16.4. The molecule has 1 aromatic heterocycles. The van der Waals surface area contributed by atoms with Crippen molar-refractivity contribution in [2.24, 2.45) is 0 Å². The zero-order valence-electron chi connectivity index (χ0n) is 12.7. The number of halogens is 1. The van der Waals surface area contributed by atoms with Crippen LogP contribution in [0.15, 0.2) is 18.2 Å². The van der Waals surface area contributed by atoms with Crippen LogP contribution in [0.2, 0.25) is 0 Å². The molecule has 2 aromatic rings. The summed E-state index contributed by atoms with van der Waals surface area (Å²) in [7, 11) is 0. The van der Waals surface area contributed by atoms with Crippen LogP contribution in [0.25, 0.3) is 11.0 Å². The molecule has 0 unspecified atom stereocenters. The summed E-state index contributed by atoms with van der Waals surface area (Å²) in [6.45, 7) is 5.47. The van der Waals surface area contributed by atoms with Gasteiger partial charge in [0, 0.05) is 31.8 Å². The van der Waals surface area contributed by atoms with E-state index in [1.54, 1.807) is 0 Å². The number of carbonyl (C=O) groups excluding carboxylic acids is 1. The fourth-order valence-electron chi connectivity index (χ4n) is 2.38. The van der Waals surface area contributed by atoms with Crippen LogP contribution in [0, 0.1) is 6.92 Å². The molecule has 5 heteroatoms. The number of hydrogen-bond acceptors (Lipinski definition) is 2. The third-order valence-electron chi connectivity index (χ3n) is 3.44. The molecule has 0 bridgehead atoms. The highest BCUT2D eigenvalue weighted by atomic mass is 35.5. The van der Waals surface area contributed by atoms with Gasteiger partial charge in [-0.05, 0) is 31.0 Å². The molecule has 0 aliphatic heterocycles. The fourth-order valence-corrected chi connectivity index (χ4v) is 2.55. The molecule has 4 nitrogen and oxygen atoms in total. The van der Waals surface area contributed by atoms with Crippen molar-refractivity contribution in [1.29, 1.82) is 0 Å². The number of carbonyl (C=O) groups is 1. The zero-order valence-corrected chi connectivity index (χ0v) is 13.4. The summed E-state index contributed by atoms with van der Waals surface area (Å²) >= 11 is 5.87. The molecule has 1 heterocycles. The molecule has 0 fully saturated rings. The van der Waals surface area contributed by atoms with Crippen molar-refractivity contribution < 1.29 is 4.79 Å². The molecule has 0 radical (unpaired) electrons. The maximum absolute atomic E-state index is 11.8. The highest BCUT2D eigenvalue weighted by molar-refractivity contribution is 6.17. The lowest BCUT2D eigenvalue weighted by Crippen LogP contribution is -2.25. The lowest BCUT2D eigenvalue weighted by molar-refractivity contribution is -0.121. The summed E-state index contributed by atoms with van der Waals surface area (Å²) in [5.41, 5.74) is 3.23. The van der Waals surface area contributed by atoms with Gasteiger partial charge in [0.2, 0.25) is 5.91 Å². The standard InChI is InChI=1S/C16H22ClN3O/c1-3-9-18-16(21)7-10-20-14-5-4-12(2)11-13(14)19-15(20)6-8-17/h4-5,11H,3,6-10H2,1-2H3,(H,18,21). The van der Waals surface area contributed by atoms with Crippen molar-refractivity contribution in [2.45, 2.75) is 39.7 Å². The van der Waals surface area contributed by atoms with Gasteiger partial charge in [-0.25, -0.2) is 4.98 Å². The molecule has 0 atom stereocenters. The van der Waals surface area contributed by atoms with Crippen molar-refractivity contribution in [3.05, 3.63) is 29.6 Å². The van der Waals surface area contributed by atoms with E-state index in [0.717, 1.165) is 29.8 Å². The highest BCUT2D eigenvalue weighted by Crippen LogP contribution is 2.19. The van der Waals surface area contributed by atoms with E-state index in [1.165, 1.54) is 5.56 Å². The number of nitrogens with one attached hydrogen (secondary N) is 1. The third-order valence-corrected chi connectivity index (χ3v) is 3.62. The first kappa shape index (κ1) is 15.8. The molecule has 0 saturated heterocycles. The summed E-state index contributed by atoms with van der Waals surface area (Å²) in [5, 5.41) is 2.90. The Bertz CT molecular complexity index is 621. The second-order valence-electron chi connectivity index (χ2n) is 5.21. The predicted octanol–water partition coefficient (Wildman–Crippen LogP) is 3.04. The lowest BCUT2D eigenvalue weighted by Gasteiger charge is -2.09. The minimum absolute atomic E-state index is 0.0858. The Kier molecular flexibility index (Phi) is 5.62. The van der Waals surface area contributed by atoms with Crippen molar-refractivity contribution in [3.8, 4) is 0 Å². The maximum Gasteiger partial charge on any atom is 0.221 e. The first-order valence-corrected chi connectivity index (χ1v) is 7.97. The van der Waals surface area contributed by atoms with Gasteiger partial charge < -0.3 is 9.88 Å². The summed E-state index contributed by atoms with van der Waals surface area (Å²) in [6.07, 6.45) is 2.14. The van der Waals surface area contributed by atoms with E-state index in [1.807, 2.05) is 6.92 Å². The molecule has 0 aliphatic carbocycles. The molecular formula is C16H22ClN3O. The number of rotatable bonds is 7. The van der Waals surface area contributed by atoms with Crippen molar-refractivity contribution >= 4 is 28.5 Å². The predicted molar refractivity (Wildman–Crippen MR) is 86.8 cm³/mol. The van der Waals surface area contributed by atoms with E-state index in [0.29, 0.717) is 25.3 Å². The van der Waals surface area contributed by atoms with Crippen molar-refractivity contribution in [1.82, 2.24) is 14.9 Å². The van der Waals surface area contributed by atoms with Gasteiger partial charge >= 0.3 is 0 Å². The molecule has 21 heavy (non-hydrogen) atoms. The van der Waals surface area contributed by atoms with E-state index in [-0.39, 0.29) is 5.91 Å². The Morgan fingerprint density at radius 1 is 1.43 bits per heavy atom. The van der Waals surface area contributed by atoms with E-state index >= 15 is 0 Å². The largest absolute Gasteiger partial charge is 0.356 e. The second-order valence-corrected chi connectivity index (χ2v) is 5.59. The Morgan fingerprint density at radius 3 is 2.95 bits per heavy atom. The van der Waals surface area contributed by atoms with Crippen LogP contribution in [0.5, 0.6) is 0 Å². The molecule has 1 amide bonds. The van der Waals surface area contributed by atoms with Crippen LogP contribution in [-0.2, 0) is 17.8 Å². The van der Waals surface area contributed by atoms with Crippen LogP contribution in [0.1, 0.15) is 31.2 Å². The van der Waals surface area contributed by atoms with E-state index in [9.17, 15) is 4.79 Å². The van der Waals surface area contributed by atoms with Gasteiger partial charge in [-0.1, -0.05) is 13.0 Å². The first-order chi connectivity index (χ1) is 10.2. The number of benzene rings is 1. The summed E-state index contributed by atoms with van der Waals surface area (Å²) in [5.74, 6) is 1.57. The summed E-state index contributed by atoms with van der Waals surface area (Å²) < 4.78 is 2.11. The minimum atomic E-state index is 0.0858. The molecule has 0 saturated carbocycles. The zero-order chi connectivity index (χ0) is 15.2. The van der Waals surface area contributed by atoms with Gasteiger partial charge in [0.15, 0.2) is 0 Å². The minimum Gasteiger partial charge on any atom is -0.356 e. The molecule has 0 spiro atoms. The highest BCUT2D eigenvalue weighted by Gasteiger charge is 2.11. The second kappa shape index (κ2) is 7.46. The Labute approximate surface area is 130 Å². The number of fused-ring (bicyclic) bond motifs is 1. The van der Waals surface area contributed by atoms with Gasteiger partial charge in [0.25, 0.3) is 0 Å². The molecule has 1 aromatic carbocycles. The number of imidazole rings is 1. The van der Waals surface area contributed by atoms with Crippen molar-refractivity contribution in [3.63, 3.8) is 0 Å². The van der Waals surface area contributed by atoms with Crippen LogP contribution in [0.4, 0.5) is 0 Å². The number of aromatic nitrogens is 2. The molecule has 114 valence electrons. The Balaban J connectivity index is 2.20. The molecule has 1 N–H and O–H groups in total. The smallest absolute Gasteiger partial charge is 0.221 e. The van der Waals surface area contributed by atoms with Gasteiger partial charge in [-0.2, -0.15) is 0 Å². The average Bonchev–Trinajstić information content (AvgIpc) is 2.79. The van der Waals surface area contributed by atoms with Crippen LogP contribution >= 0.6 is 11.6 Å².